The Bertz CT molecular complexity index is 1050. The third-order valence-electron chi connectivity index (χ3n) is 6.55. The van der Waals surface area contributed by atoms with Crippen LogP contribution in [-0.4, -0.2) is 73.3 Å². The monoisotopic (exact) mass is 504 g/mol. The van der Waals surface area contributed by atoms with Crippen LogP contribution in [0.15, 0.2) is 35.2 Å². The molecule has 1 amide bonds. The molecule has 0 saturated carbocycles. The van der Waals surface area contributed by atoms with Gasteiger partial charge in [-0.05, 0) is 82.2 Å². The van der Waals surface area contributed by atoms with E-state index < -0.39 is 11.0 Å². The second-order valence-corrected chi connectivity index (χ2v) is 10.9. The molecule has 0 bridgehead atoms. The molecule has 1 fully saturated rings. The van der Waals surface area contributed by atoms with E-state index in [1.807, 2.05) is 26.0 Å². The van der Waals surface area contributed by atoms with Gasteiger partial charge < -0.3 is 19.9 Å². The maximum Gasteiger partial charge on any atom is 0.225 e. The molecule has 0 radical (unpaired) electrons. The van der Waals surface area contributed by atoms with Crippen molar-refractivity contribution in [3.8, 4) is 5.75 Å². The number of nitrogens with one attached hydrogen (secondary N) is 1. The van der Waals surface area contributed by atoms with Gasteiger partial charge in [0.15, 0.2) is 0 Å². The Balaban J connectivity index is 1.54. The Morgan fingerprint density at radius 3 is 2.31 bits per heavy atom. The number of halogens is 1. The van der Waals surface area contributed by atoms with Gasteiger partial charge in [0.05, 0.1) is 17.7 Å². The molecule has 1 N–H and O–H groups in total. The van der Waals surface area contributed by atoms with Crippen molar-refractivity contribution in [1.29, 1.82) is 0 Å². The van der Waals surface area contributed by atoms with Gasteiger partial charge in [-0.3, -0.25) is 4.79 Å². The molecule has 0 aliphatic carbocycles. The first-order valence-electron chi connectivity index (χ1n) is 11.9. The van der Waals surface area contributed by atoms with Gasteiger partial charge in [-0.25, -0.2) is 12.9 Å². The molecule has 3 rings (SSSR count). The lowest BCUT2D eigenvalue weighted by molar-refractivity contribution is -0.116. The minimum atomic E-state index is -1.41. The van der Waals surface area contributed by atoms with Crippen LogP contribution in [0.1, 0.15) is 30.4 Å². The summed E-state index contributed by atoms with van der Waals surface area (Å²) < 4.78 is 34.8. The van der Waals surface area contributed by atoms with Crippen LogP contribution in [0.2, 0.25) is 0 Å². The zero-order chi connectivity index (χ0) is 25.7. The van der Waals surface area contributed by atoms with Gasteiger partial charge in [-0.15, -0.1) is 0 Å². The van der Waals surface area contributed by atoms with E-state index >= 15 is 0 Å². The van der Waals surface area contributed by atoms with Crippen molar-refractivity contribution in [1.82, 2.24) is 9.21 Å². The normalized spacial score (nSPS) is 15.5. The molecular weight excluding hydrogens is 467 g/mol. The zero-order valence-electron chi connectivity index (χ0n) is 21.6. The first-order chi connectivity index (χ1) is 16.6. The number of anilines is 2. The van der Waals surface area contributed by atoms with Gasteiger partial charge in [-0.2, -0.15) is 0 Å². The number of nitrogens with zero attached hydrogens (tertiary/aromatic N) is 3. The second kappa shape index (κ2) is 12.0. The van der Waals surface area contributed by atoms with Gasteiger partial charge in [0.1, 0.15) is 22.6 Å². The number of aryl methyl sites for hydroxylation is 2. The molecule has 0 aromatic heterocycles. The average Bonchev–Trinajstić information content (AvgIpc) is 2.82. The third-order valence-corrected chi connectivity index (χ3v) is 8.29. The minimum absolute atomic E-state index is 0.137. The molecule has 7 nitrogen and oxygen atoms in total. The smallest absolute Gasteiger partial charge is 0.225 e. The lowest BCUT2D eigenvalue weighted by atomic mass is 10.0. The van der Waals surface area contributed by atoms with Crippen LogP contribution in [0.4, 0.5) is 15.8 Å². The van der Waals surface area contributed by atoms with Crippen LogP contribution in [0.3, 0.4) is 0 Å². The highest BCUT2D eigenvalue weighted by Crippen LogP contribution is 2.28. The van der Waals surface area contributed by atoms with Gasteiger partial charge in [-0.1, -0.05) is 0 Å². The van der Waals surface area contributed by atoms with E-state index in [1.54, 1.807) is 30.6 Å². The van der Waals surface area contributed by atoms with Gasteiger partial charge >= 0.3 is 0 Å². The van der Waals surface area contributed by atoms with Crippen molar-refractivity contribution in [2.75, 3.05) is 58.1 Å². The predicted octanol–water partition coefficient (Wildman–Crippen LogP) is 3.96. The first kappa shape index (κ1) is 27.1. The molecule has 1 heterocycles. The Kier molecular flexibility index (Phi) is 9.27. The van der Waals surface area contributed by atoms with Gasteiger partial charge in [0.25, 0.3) is 0 Å². The molecule has 2 aromatic carbocycles. The lowest BCUT2D eigenvalue weighted by Gasteiger charge is -2.36. The van der Waals surface area contributed by atoms with Crippen molar-refractivity contribution in [2.24, 2.45) is 0 Å². The first-order valence-corrected chi connectivity index (χ1v) is 13.0. The Labute approximate surface area is 210 Å². The topological polar surface area (TPSA) is 65.1 Å². The van der Waals surface area contributed by atoms with Crippen molar-refractivity contribution in [2.45, 2.75) is 44.0 Å². The summed E-state index contributed by atoms with van der Waals surface area (Å²) in [4.78, 5) is 17.5. The summed E-state index contributed by atoms with van der Waals surface area (Å²) in [7, 11) is 6.07. The molecule has 9 heteroatoms. The third kappa shape index (κ3) is 6.80. The highest BCUT2D eigenvalue weighted by atomic mass is 32.2. The highest BCUT2D eigenvalue weighted by Gasteiger charge is 2.23. The molecule has 1 saturated heterocycles. The minimum Gasteiger partial charge on any atom is -0.497 e. The van der Waals surface area contributed by atoms with E-state index in [9.17, 15) is 13.4 Å². The second-order valence-electron chi connectivity index (χ2n) is 9.34. The summed E-state index contributed by atoms with van der Waals surface area (Å²) in [6.45, 7) is 5.70. The number of ether oxygens (including phenoxy) is 1. The van der Waals surface area contributed by atoms with Crippen LogP contribution < -0.4 is 15.0 Å². The van der Waals surface area contributed by atoms with Crippen molar-refractivity contribution in [3.05, 3.63) is 47.3 Å². The largest absolute Gasteiger partial charge is 0.497 e. The summed E-state index contributed by atoms with van der Waals surface area (Å²) >= 11 is 0. The Morgan fingerprint density at radius 2 is 1.77 bits per heavy atom. The molecule has 2 aromatic rings. The number of carbonyl (C=O) groups is 1. The van der Waals surface area contributed by atoms with Crippen LogP contribution in [0.25, 0.3) is 0 Å². The summed E-state index contributed by atoms with van der Waals surface area (Å²) in [5.74, 6) is 0.129. The highest BCUT2D eigenvalue weighted by molar-refractivity contribution is 7.82. The van der Waals surface area contributed by atoms with Gasteiger partial charge in [0, 0.05) is 44.8 Å². The van der Waals surface area contributed by atoms with Crippen molar-refractivity contribution < 1.29 is 18.1 Å². The van der Waals surface area contributed by atoms with Crippen LogP contribution >= 0.6 is 0 Å². The molecule has 192 valence electrons. The fourth-order valence-corrected chi connectivity index (χ4v) is 5.73. The van der Waals surface area contributed by atoms with E-state index in [2.05, 4.69) is 29.2 Å². The van der Waals surface area contributed by atoms with E-state index in [0.29, 0.717) is 24.0 Å². The standard InChI is InChI=1S/C26H37FN4O3S/c1-18-15-22(34-6)16-19(2)26(18)35(33)30(5)12-11-25(32)28-20-7-8-24(23(27)17-20)31-13-9-21(10-14-31)29(3)4/h7-8,15-17,21H,9-14H2,1-6H3,(H,28,32). The number of hydrogen-bond acceptors (Lipinski definition) is 5. The van der Waals surface area contributed by atoms with Crippen molar-refractivity contribution >= 4 is 28.3 Å². The lowest BCUT2D eigenvalue weighted by Crippen LogP contribution is -2.42. The molecule has 1 atom stereocenters. The zero-order valence-corrected chi connectivity index (χ0v) is 22.4. The molecule has 1 aliphatic heterocycles. The number of rotatable bonds is 9. The van der Waals surface area contributed by atoms with Gasteiger partial charge in [0.2, 0.25) is 5.91 Å². The maximum absolute atomic E-state index is 14.8. The SMILES string of the molecule is COc1cc(C)c(S(=O)N(C)CCC(=O)Nc2ccc(N3CCC(N(C)C)CC3)c(F)c2)c(C)c1. The van der Waals surface area contributed by atoms with E-state index in [4.69, 9.17) is 4.74 Å². The number of methoxy groups -OCH3 is 1. The van der Waals surface area contributed by atoms with Crippen LogP contribution in [0.5, 0.6) is 5.75 Å². The summed E-state index contributed by atoms with van der Waals surface area (Å²) in [5, 5.41) is 2.76. The molecule has 0 spiro atoms. The molecule has 1 unspecified atom stereocenters. The molecule has 1 aliphatic rings. The van der Waals surface area contributed by atoms with E-state index in [1.165, 1.54) is 6.07 Å². The number of amides is 1. The van der Waals surface area contributed by atoms with Crippen LogP contribution in [-0.2, 0) is 15.8 Å². The quantitative estimate of drug-likeness (QED) is 0.560. The van der Waals surface area contributed by atoms with Crippen molar-refractivity contribution in [3.63, 3.8) is 0 Å². The summed E-state index contributed by atoms with van der Waals surface area (Å²) in [5.41, 5.74) is 2.74. The Hall–Kier alpha value is -2.49. The fourth-order valence-electron chi connectivity index (χ4n) is 4.49. The Morgan fingerprint density at radius 1 is 1.14 bits per heavy atom. The number of piperidine rings is 1. The van der Waals surface area contributed by atoms with E-state index in [0.717, 1.165) is 47.7 Å². The van der Waals surface area contributed by atoms with E-state index in [-0.39, 0.29) is 18.1 Å². The number of benzene rings is 2. The molecule has 35 heavy (non-hydrogen) atoms. The average molecular weight is 505 g/mol. The van der Waals surface area contributed by atoms with Crippen LogP contribution in [0, 0.1) is 19.7 Å². The summed E-state index contributed by atoms with van der Waals surface area (Å²) in [6.07, 6.45) is 2.13. The number of carbonyl (C=O) groups excluding carboxylic acids is 1. The number of hydrogen-bond donors (Lipinski definition) is 1. The predicted molar refractivity (Wildman–Crippen MR) is 140 cm³/mol. The molecular formula is C26H37FN4O3S. The fraction of sp³-hybridized carbons (Fsp3) is 0.500. The summed E-state index contributed by atoms with van der Waals surface area (Å²) in [6, 6.07) is 9.07. The maximum atomic E-state index is 14.8.